The number of fused-ring (bicyclic) bond motifs is 3. The maximum absolute atomic E-state index is 12.3. The van der Waals surface area contributed by atoms with E-state index in [-0.39, 0.29) is 21.6 Å². The Balaban J connectivity index is 1.10. The van der Waals surface area contributed by atoms with Gasteiger partial charge in [-0.05, 0) is 107 Å². The number of aryl methyl sites for hydroxylation is 1. The zero-order valence-corrected chi connectivity index (χ0v) is 30.3. The van der Waals surface area contributed by atoms with Gasteiger partial charge in [-0.3, -0.25) is 14.7 Å². The third-order valence-corrected chi connectivity index (χ3v) is 9.83. The van der Waals surface area contributed by atoms with Gasteiger partial charge in [0.05, 0.1) is 34.2 Å². The number of benzene rings is 6. The average molecular weight is 713 g/mol. The number of pyridine rings is 1. The van der Waals surface area contributed by atoms with E-state index in [1.54, 1.807) is 67.9 Å². The van der Waals surface area contributed by atoms with E-state index in [0.717, 1.165) is 27.4 Å². The molecule has 0 aliphatic carbocycles. The number of nitro benzene ring substituents is 1. The third kappa shape index (κ3) is 6.34. The van der Waals surface area contributed by atoms with Gasteiger partial charge in [-0.1, -0.05) is 87.5 Å². The van der Waals surface area contributed by atoms with Crippen LogP contribution < -0.4 is 9.47 Å². The van der Waals surface area contributed by atoms with Gasteiger partial charge in [0.25, 0.3) is 5.69 Å². The minimum absolute atomic E-state index is 0.0388. The molecule has 7 nitrogen and oxygen atoms in total. The van der Waals surface area contributed by atoms with Crippen molar-refractivity contribution in [3.05, 3.63) is 167 Å². The fraction of sp³-hybridized carbons (Fsp3) is 0.128. The van der Waals surface area contributed by atoms with Crippen molar-refractivity contribution in [1.82, 2.24) is 9.55 Å². The molecule has 0 N–H and O–H groups in total. The highest BCUT2D eigenvalue weighted by Crippen LogP contribution is 2.40. The van der Waals surface area contributed by atoms with Gasteiger partial charge in [-0.15, -0.1) is 0 Å². The topological polar surface area (TPSA) is 79.4 Å². The molecule has 0 aliphatic rings. The second-order valence-corrected chi connectivity index (χ2v) is 14.3. The van der Waals surface area contributed by atoms with E-state index in [2.05, 4.69) is 39.0 Å². The van der Waals surface area contributed by atoms with Crippen LogP contribution in [0.25, 0.3) is 61.0 Å². The molecule has 266 valence electrons. The fourth-order valence-electron chi connectivity index (χ4n) is 7.00. The zero-order chi connectivity index (χ0) is 40.1. The van der Waals surface area contributed by atoms with Gasteiger partial charge in [0.15, 0.2) is 0 Å². The van der Waals surface area contributed by atoms with Crippen molar-refractivity contribution in [3.8, 4) is 56.4 Å². The van der Waals surface area contributed by atoms with Gasteiger partial charge in [-0.2, -0.15) is 0 Å². The highest BCUT2D eigenvalue weighted by molar-refractivity contribution is 6.09. The predicted molar refractivity (Wildman–Crippen MR) is 218 cm³/mol. The Labute approximate surface area is 318 Å². The number of hydrogen-bond donors (Lipinski definition) is 0. The summed E-state index contributed by atoms with van der Waals surface area (Å²) in [5.41, 5.74) is 6.79. The lowest BCUT2D eigenvalue weighted by Crippen LogP contribution is -2.10. The standard InChI is InChI=1S/C47H39N3O4/c1-30-26-45(49-43-25-18-34(47(2,3)4)27-41(43)40-24-23-37(53-5)28-44(40)49)48-29-42(30)33-16-21-36(22-17-33)54-35-19-14-32(15-20-35)39-13-9-12-38(46(39)50(51)52)31-10-7-6-8-11-31/h6-29H,1-5H3/i1D3. The van der Waals surface area contributed by atoms with Crippen molar-refractivity contribution < 1.29 is 18.5 Å². The van der Waals surface area contributed by atoms with Crippen molar-refractivity contribution in [3.63, 3.8) is 0 Å². The second kappa shape index (κ2) is 13.7. The number of para-hydroxylation sites is 1. The number of hydrogen-bond acceptors (Lipinski definition) is 5. The minimum Gasteiger partial charge on any atom is -0.497 e. The summed E-state index contributed by atoms with van der Waals surface area (Å²) in [6, 6.07) is 42.9. The molecular formula is C47H39N3O4. The Morgan fingerprint density at radius 1 is 0.667 bits per heavy atom. The molecule has 8 aromatic rings. The first-order valence-corrected chi connectivity index (χ1v) is 17.7. The largest absolute Gasteiger partial charge is 0.497 e. The molecule has 0 saturated carbocycles. The highest BCUT2D eigenvalue weighted by Gasteiger charge is 2.22. The quantitative estimate of drug-likeness (QED) is 0.116. The number of nitro groups is 1. The van der Waals surface area contributed by atoms with Gasteiger partial charge >= 0.3 is 0 Å². The smallest absolute Gasteiger partial charge is 0.284 e. The monoisotopic (exact) mass is 712 g/mol. The first-order valence-electron chi connectivity index (χ1n) is 19.2. The van der Waals surface area contributed by atoms with Crippen LogP contribution in [0.2, 0.25) is 0 Å². The van der Waals surface area contributed by atoms with Crippen LogP contribution in [0, 0.1) is 17.0 Å². The summed E-state index contributed by atoms with van der Waals surface area (Å²) >= 11 is 0. The Morgan fingerprint density at radius 3 is 1.91 bits per heavy atom. The zero-order valence-electron chi connectivity index (χ0n) is 33.3. The summed E-state index contributed by atoms with van der Waals surface area (Å²) in [6.45, 7) is 4.11. The third-order valence-electron chi connectivity index (χ3n) is 9.83. The first kappa shape index (κ1) is 30.9. The molecule has 54 heavy (non-hydrogen) atoms. The van der Waals surface area contributed by atoms with Crippen LogP contribution in [0.15, 0.2) is 146 Å². The second-order valence-electron chi connectivity index (χ2n) is 14.3. The molecule has 0 spiro atoms. The molecule has 0 saturated heterocycles. The number of methoxy groups -OCH3 is 1. The minimum atomic E-state index is -2.44. The van der Waals surface area contributed by atoms with E-state index in [0.29, 0.717) is 50.9 Å². The Hall–Kier alpha value is -6.73. The molecule has 6 aromatic carbocycles. The van der Waals surface area contributed by atoms with E-state index in [1.165, 1.54) is 5.56 Å². The van der Waals surface area contributed by atoms with Crippen LogP contribution in [0.5, 0.6) is 17.2 Å². The molecular weight excluding hydrogens is 671 g/mol. The van der Waals surface area contributed by atoms with Crippen LogP contribution in [-0.2, 0) is 5.41 Å². The number of rotatable bonds is 8. The maximum Gasteiger partial charge on any atom is 0.284 e. The first-order chi connectivity index (χ1) is 27.3. The summed E-state index contributed by atoms with van der Waals surface area (Å²) in [5, 5.41) is 14.3. The van der Waals surface area contributed by atoms with Crippen molar-refractivity contribution in [2.24, 2.45) is 0 Å². The molecule has 0 atom stereocenters. The summed E-state index contributed by atoms with van der Waals surface area (Å²) in [5.74, 6) is 2.26. The molecule has 7 heteroatoms. The molecule has 0 unspecified atom stereocenters. The molecule has 2 aromatic heterocycles. The van der Waals surface area contributed by atoms with E-state index in [4.69, 9.17) is 18.6 Å². The molecule has 0 radical (unpaired) electrons. The van der Waals surface area contributed by atoms with Crippen LogP contribution in [0.4, 0.5) is 5.69 Å². The average Bonchev–Trinajstić information content (AvgIpc) is 3.53. The lowest BCUT2D eigenvalue weighted by atomic mass is 9.86. The van der Waals surface area contributed by atoms with Crippen molar-refractivity contribution in [2.45, 2.75) is 33.0 Å². The van der Waals surface area contributed by atoms with Crippen molar-refractivity contribution in [2.75, 3.05) is 7.11 Å². The predicted octanol–water partition coefficient (Wildman–Crippen LogP) is 12.5. The Bertz CT molecular complexity index is 2790. The lowest BCUT2D eigenvalue weighted by Gasteiger charge is -2.19. The Morgan fingerprint density at radius 2 is 1.30 bits per heavy atom. The van der Waals surface area contributed by atoms with E-state index in [9.17, 15) is 10.1 Å². The van der Waals surface area contributed by atoms with Crippen molar-refractivity contribution in [1.29, 1.82) is 0 Å². The van der Waals surface area contributed by atoms with Crippen LogP contribution in [0.3, 0.4) is 0 Å². The normalized spacial score (nSPS) is 12.6. The molecule has 0 bridgehead atoms. The summed E-state index contributed by atoms with van der Waals surface area (Å²) < 4.78 is 39.4. The highest BCUT2D eigenvalue weighted by atomic mass is 16.6. The summed E-state index contributed by atoms with van der Waals surface area (Å²) in [6.07, 6.45) is 1.62. The Kier molecular flexibility index (Phi) is 7.81. The van der Waals surface area contributed by atoms with Crippen LogP contribution >= 0.6 is 0 Å². The SMILES string of the molecule is [2H]C([2H])([2H])c1cc(-n2c3ccc(C(C)(C)C)cc3c3ccc(OC)cc32)ncc1-c1ccc(Oc2ccc(-c3cccc(-c4ccccc4)c3[N+](=O)[O-])cc2)cc1. The molecule has 0 amide bonds. The van der Waals surface area contributed by atoms with Gasteiger partial charge in [0.2, 0.25) is 0 Å². The van der Waals surface area contributed by atoms with E-state index in [1.807, 2.05) is 71.3 Å². The van der Waals surface area contributed by atoms with Gasteiger partial charge < -0.3 is 9.47 Å². The summed E-state index contributed by atoms with van der Waals surface area (Å²) in [7, 11) is 1.63. The van der Waals surface area contributed by atoms with E-state index >= 15 is 0 Å². The number of nitrogens with zero attached hydrogens (tertiary/aromatic N) is 3. The molecule has 0 aliphatic heterocycles. The van der Waals surface area contributed by atoms with E-state index < -0.39 is 6.85 Å². The fourth-order valence-corrected chi connectivity index (χ4v) is 7.00. The number of ether oxygens (including phenoxy) is 2. The lowest BCUT2D eigenvalue weighted by molar-refractivity contribution is -0.383. The molecule has 8 rings (SSSR count). The molecule has 2 heterocycles. The maximum atomic E-state index is 12.3. The summed E-state index contributed by atoms with van der Waals surface area (Å²) in [4.78, 5) is 16.8. The number of aromatic nitrogens is 2. The van der Waals surface area contributed by atoms with Gasteiger partial charge in [0, 0.05) is 32.7 Å². The van der Waals surface area contributed by atoms with Gasteiger partial charge in [0.1, 0.15) is 23.1 Å². The van der Waals surface area contributed by atoms with Crippen LogP contribution in [0.1, 0.15) is 36.0 Å². The van der Waals surface area contributed by atoms with Crippen molar-refractivity contribution >= 4 is 27.5 Å². The van der Waals surface area contributed by atoms with Crippen LogP contribution in [-0.4, -0.2) is 21.6 Å². The molecule has 0 fully saturated rings. The van der Waals surface area contributed by atoms with Gasteiger partial charge in [-0.25, -0.2) is 4.98 Å².